The lowest BCUT2D eigenvalue weighted by atomic mass is 10.0. The SMILES string of the molecule is CC/C=C/C=C/C=C/C=C\CCCCCC(CC(=O)NC(CO)C(O)CCCCCCCCCCC)OC(=O)CCCCCCC/C=C/C=C/C=C/C=C/C=C/CCC. The number of carbonyl (C=O) groups is 2. The Bertz CT molecular complexity index is 1240. The Kier molecular flexibility index (Phi) is 42.9. The molecule has 3 atom stereocenters. The van der Waals surface area contributed by atoms with Crippen molar-refractivity contribution in [3.05, 3.63) is 109 Å². The molecule has 0 aromatic rings. The molecule has 0 aliphatic carbocycles. The summed E-state index contributed by atoms with van der Waals surface area (Å²) in [5, 5.41) is 23.6. The van der Waals surface area contributed by atoms with E-state index >= 15 is 0 Å². The molecule has 0 aliphatic heterocycles. The highest BCUT2D eigenvalue weighted by Crippen LogP contribution is 2.16. The number of amides is 1. The van der Waals surface area contributed by atoms with Gasteiger partial charge in [0.2, 0.25) is 5.91 Å². The molecule has 6 nitrogen and oxygen atoms in total. The standard InChI is InChI=1S/C53H87NO5/c1-4-7-10-13-16-19-21-23-24-25-26-27-29-31-34-37-40-43-46-53(58)59-49(44-41-38-35-33-30-28-22-20-17-14-11-8-5-2)47-52(57)54-50(48-55)51(56)45-42-39-36-32-18-15-12-9-6-3/h8,10-11,13-14,16-17,19-28,30,49-51,55-56H,4-7,9,12,15,18,29,31-48H2,1-3H3,(H,54,57)/b11-8+,13-10+,17-14+,19-16+,22-20+,23-21+,25-24+,27-26+,30-28-. The number of carbonyl (C=O) groups excluding carboxylic acids is 2. The molecule has 3 unspecified atom stereocenters. The smallest absolute Gasteiger partial charge is 0.306 e. The third-order valence-corrected chi connectivity index (χ3v) is 10.0. The van der Waals surface area contributed by atoms with Gasteiger partial charge in [0.05, 0.1) is 25.2 Å². The number of rotatable bonds is 40. The topological polar surface area (TPSA) is 95.9 Å². The van der Waals surface area contributed by atoms with Gasteiger partial charge in [-0.2, -0.15) is 0 Å². The zero-order valence-electron chi connectivity index (χ0n) is 37.8. The fourth-order valence-corrected chi connectivity index (χ4v) is 6.47. The van der Waals surface area contributed by atoms with Crippen LogP contribution in [0, 0.1) is 0 Å². The lowest BCUT2D eigenvalue weighted by Crippen LogP contribution is -2.46. The average Bonchev–Trinajstić information content (AvgIpc) is 3.23. The average molecular weight is 818 g/mol. The van der Waals surface area contributed by atoms with Crippen LogP contribution in [0.25, 0.3) is 0 Å². The summed E-state index contributed by atoms with van der Waals surface area (Å²) in [4.78, 5) is 26.0. The number of aliphatic hydroxyl groups is 2. The van der Waals surface area contributed by atoms with Gasteiger partial charge < -0.3 is 20.3 Å². The molecule has 0 rings (SSSR count). The Morgan fingerprint density at radius 2 is 0.949 bits per heavy atom. The van der Waals surface area contributed by atoms with Gasteiger partial charge in [0.25, 0.3) is 0 Å². The van der Waals surface area contributed by atoms with Crippen LogP contribution in [0.15, 0.2) is 109 Å². The first kappa shape index (κ1) is 55.5. The molecule has 1 amide bonds. The van der Waals surface area contributed by atoms with E-state index in [9.17, 15) is 19.8 Å². The van der Waals surface area contributed by atoms with Crippen LogP contribution >= 0.6 is 0 Å². The summed E-state index contributed by atoms with van der Waals surface area (Å²) in [7, 11) is 0. The first-order chi connectivity index (χ1) is 29.0. The van der Waals surface area contributed by atoms with E-state index in [2.05, 4.69) is 80.8 Å². The number of ether oxygens (including phenoxy) is 1. The Labute approximate surface area is 362 Å². The highest BCUT2D eigenvalue weighted by atomic mass is 16.5. The second-order valence-electron chi connectivity index (χ2n) is 15.6. The maximum absolute atomic E-state index is 13.1. The van der Waals surface area contributed by atoms with E-state index in [0.717, 1.165) is 96.3 Å². The van der Waals surface area contributed by atoms with Gasteiger partial charge in [-0.25, -0.2) is 0 Å². The molecule has 0 fully saturated rings. The third kappa shape index (κ3) is 41.1. The molecule has 0 heterocycles. The molecule has 0 saturated heterocycles. The van der Waals surface area contributed by atoms with Crippen LogP contribution < -0.4 is 5.32 Å². The number of hydrogen-bond donors (Lipinski definition) is 3. The second kappa shape index (κ2) is 45.6. The lowest BCUT2D eigenvalue weighted by molar-refractivity contribution is -0.151. The van der Waals surface area contributed by atoms with E-state index in [4.69, 9.17) is 4.74 Å². The summed E-state index contributed by atoms with van der Waals surface area (Å²) in [6.45, 7) is 6.19. The first-order valence-corrected chi connectivity index (χ1v) is 23.7. The first-order valence-electron chi connectivity index (χ1n) is 23.7. The van der Waals surface area contributed by atoms with Gasteiger partial charge >= 0.3 is 5.97 Å². The van der Waals surface area contributed by atoms with Crippen LogP contribution in [0.4, 0.5) is 0 Å². The van der Waals surface area contributed by atoms with Crippen molar-refractivity contribution in [2.45, 2.75) is 206 Å². The summed E-state index contributed by atoms with van der Waals surface area (Å²) in [6, 6.07) is -0.725. The summed E-state index contributed by atoms with van der Waals surface area (Å²) in [5.74, 6) is -0.556. The second-order valence-corrected chi connectivity index (χ2v) is 15.6. The van der Waals surface area contributed by atoms with Gasteiger partial charge in [-0.05, 0) is 64.2 Å². The van der Waals surface area contributed by atoms with Crippen LogP contribution in [0.2, 0.25) is 0 Å². The zero-order valence-corrected chi connectivity index (χ0v) is 37.8. The summed E-state index contributed by atoms with van der Waals surface area (Å²) in [6.07, 6.45) is 61.4. The highest BCUT2D eigenvalue weighted by molar-refractivity contribution is 5.77. The number of allylic oxidation sites excluding steroid dienone is 18. The van der Waals surface area contributed by atoms with Crippen LogP contribution in [0.3, 0.4) is 0 Å². The molecule has 0 bridgehead atoms. The van der Waals surface area contributed by atoms with Crippen molar-refractivity contribution in [1.82, 2.24) is 5.32 Å². The minimum atomic E-state index is -0.808. The van der Waals surface area contributed by atoms with Crippen molar-refractivity contribution in [2.24, 2.45) is 0 Å². The van der Waals surface area contributed by atoms with Gasteiger partial charge in [0.1, 0.15) is 6.10 Å². The van der Waals surface area contributed by atoms with Crippen LogP contribution in [-0.4, -0.2) is 46.9 Å². The number of unbranched alkanes of at least 4 members (excludes halogenated alkanes) is 17. The predicted octanol–water partition coefficient (Wildman–Crippen LogP) is 13.9. The van der Waals surface area contributed by atoms with E-state index in [1.165, 1.54) is 44.9 Å². The Morgan fingerprint density at radius 3 is 1.47 bits per heavy atom. The normalized spacial score (nSPS) is 14.3. The molecule has 0 radical (unpaired) electrons. The van der Waals surface area contributed by atoms with E-state index in [1.807, 2.05) is 54.7 Å². The molecule has 59 heavy (non-hydrogen) atoms. The van der Waals surface area contributed by atoms with Crippen molar-refractivity contribution in [3.63, 3.8) is 0 Å². The fraction of sp³-hybridized carbons (Fsp3) is 0.623. The van der Waals surface area contributed by atoms with Crippen LogP contribution in [-0.2, 0) is 14.3 Å². The van der Waals surface area contributed by atoms with Crippen molar-refractivity contribution in [1.29, 1.82) is 0 Å². The fourth-order valence-electron chi connectivity index (χ4n) is 6.47. The van der Waals surface area contributed by atoms with Crippen LogP contribution in [0.1, 0.15) is 188 Å². The molecular formula is C53H87NO5. The van der Waals surface area contributed by atoms with Gasteiger partial charge in [-0.3, -0.25) is 9.59 Å². The number of aliphatic hydroxyl groups excluding tert-OH is 2. The summed E-state index contributed by atoms with van der Waals surface area (Å²) >= 11 is 0. The lowest BCUT2D eigenvalue weighted by Gasteiger charge is -2.24. The van der Waals surface area contributed by atoms with Crippen molar-refractivity contribution in [3.8, 4) is 0 Å². The van der Waals surface area contributed by atoms with Gasteiger partial charge in [-0.1, -0.05) is 220 Å². The molecule has 0 aliphatic rings. The maximum atomic E-state index is 13.1. The Morgan fingerprint density at radius 1 is 0.508 bits per heavy atom. The van der Waals surface area contributed by atoms with Crippen molar-refractivity contribution in [2.75, 3.05) is 6.61 Å². The number of nitrogens with one attached hydrogen (secondary N) is 1. The van der Waals surface area contributed by atoms with E-state index in [-0.39, 0.29) is 24.9 Å². The minimum absolute atomic E-state index is 0.0332. The predicted molar refractivity (Wildman–Crippen MR) is 254 cm³/mol. The minimum Gasteiger partial charge on any atom is -0.462 e. The monoisotopic (exact) mass is 818 g/mol. The number of esters is 1. The summed E-state index contributed by atoms with van der Waals surface area (Å²) < 4.78 is 5.88. The molecule has 0 aromatic heterocycles. The largest absolute Gasteiger partial charge is 0.462 e. The molecular weight excluding hydrogens is 731 g/mol. The van der Waals surface area contributed by atoms with E-state index in [1.54, 1.807) is 0 Å². The molecule has 0 spiro atoms. The molecule has 334 valence electrons. The van der Waals surface area contributed by atoms with Gasteiger partial charge in [0, 0.05) is 6.42 Å². The number of hydrogen-bond acceptors (Lipinski definition) is 5. The van der Waals surface area contributed by atoms with Crippen LogP contribution in [0.5, 0.6) is 0 Å². The highest BCUT2D eigenvalue weighted by Gasteiger charge is 2.24. The zero-order chi connectivity index (χ0) is 43.1. The van der Waals surface area contributed by atoms with Crippen molar-refractivity contribution < 1.29 is 24.5 Å². The third-order valence-electron chi connectivity index (χ3n) is 10.0. The van der Waals surface area contributed by atoms with Gasteiger partial charge in [0.15, 0.2) is 0 Å². The Hall–Kier alpha value is -3.48. The molecule has 0 aromatic carbocycles. The van der Waals surface area contributed by atoms with Gasteiger partial charge in [-0.15, -0.1) is 0 Å². The molecule has 3 N–H and O–H groups in total. The van der Waals surface area contributed by atoms with E-state index < -0.39 is 18.2 Å². The van der Waals surface area contributed by atoms with E-state index in [0.29, 0.717) is 19.3 Å². The Balaban J connectivity index is 4.73. The quantitative estimate of drug-likeness (QED) is 0.0325. The molecule has 6 heteroatoms. The summed E-state index contributed by atoms with van der Waals surface area (Å²) in [5.41, 5.74) is 0. The maximum Gasteiger partial charge on any atom is 0.306 e. The molecule has 0 saturated carbocycles. The van der Waals surface area contributed by atoms with Crippen molar-refractivity contribution >= 4 is 11.9 Å².